The molecule has 1 fully saturated rings. The highest BCUT2D eigenvalue weighted by molar-refractivity contribution is 5.86. The fourth-order valence-corrected chi connectivity index (χ4v) is 2.35. The summed E-state index contributed by atoms with van der Waals surface area (Å²) in [5.74, 6) is 0.118. The molecule has 1 aliphatic rings. The molecule has 1 rings (SSSR count). The summed E-state index contributed by atoms with van der Waals surface area (Å²) in [5, 5.41) is 6.08. The lowest BCUT2D eigenvalue weighted by Gasteiger charge is -2.29. The predicted molar refractivity (Wildman–Crippen MR) is 75.8 cm³/mol. The van der Waals surface area contributed by atoms with Gasteiger partial charge < -0.3 is 15.5 Å². The van der Waals surface area contributed by atoms with Gasteiger partial charge in [0, 0.05) is 19.6 Å². The number of carbonyl (C=O) groups is 2. The van der Waals surface area contributed by atoms with E-state index in [0.717, 1.165) is 38.8 Å². The van der Waals surface area contributed by atoms with Gasteiger partial charge in [-0.3, -0.25) is 9.59 Å². The number of nitrogens with zero attached hydrogens (tertiary/aromatic N) is 1. The van der Waals surface area contributed by atoms with Crippen molar-refractivity contribution in [2.75, 3.05) is 32.7 Å². The van der Waals surface area contributed by atoms with Gasteiger partial charge in [0.1, 0.15) is 0 Å². The maximum Gasteiger partial charge on any atom is 0.239 e. The van der Waals surface area contributed by atoms with Crippen molar-refractivity contribution in [3.05, 3.63) is 0 Å². The third-order valence-electron chi connectivity index (χ3n) is 3.36. The van der Waals surface area contributed by atoms with Gasteiger partial charge in [0.25, 0.3) is 0 Å². The van der Waals surface area contributed by atoms with Gasteiger partial charge in [-0.25, -0.2) is 0 Å². The van der Waals surface area contributed by atoms with E-state index in [2.05, 4.69) is 10.6 Å². The second-order valence-electron chi connectivity index (χ2n) is 5.15. The quantitative estimate of drug-likeness (QED) is 0.717. The molecule has 1 heterocycles. The van der Waals surface area contributed by atoms with Crippen LogP contribution in [0.15, 0.2) is 0 Å². The summed E-state index contributed by atoms with van der Waals surface area (Å²) in [7, 11) is 0. The number of nitrogens with one attached hydrogen (secondary N) is 2. The fourth-order valence-electron chi connectivity index (χ4n) is 2.35. The molecule has 0 aromatic rings. The lowest BCUT2D eigenvalue weighted by atomic mass is 9.98. The molecule has 1 unspecified atom stereocenters. The molecule has 2 amide bonds. The van der Waals surface area contributed by atoms with Crippen molar-refractivity contribution in [1.29, 1.82) is 0 Å². The van der Waals surface area contributed by atoms with Crippen molar-refractivity contribution < 1.29 is 9.59 Å². The van der Waals surface area contributed by atoms with Crippen LogP contribution in [-0.2, 0) is 9.59 Å². The van der Waals surface area contributed by atoms with Gasteiger partial charge in [0.2, 0.25) is 11.8 Å². The van der Waals surface area contributed by atoms with Crippen molar-refractivity contribution in [1.82, 2.24) is 15.5 Å². The van der Waals surface area contributed by atoms with Crippen LogP contribution in [0, 0.1) is 5.92 Å². The Morgan fingerprint density at radius 2 is 2.11 bits per heavy atom. The number of amides is 2. The highest BCUT2D eigenvalue weighted by Gasteiger charge is 2.26. The van der Waals surface area contributed by atoms with Crippen LogP contribution in [-0.4, -0.2) is 49.4 Å². The van der Waals surface area contributed by atoms with E-state index in [1.807, 2.05) is 13.8 Å². The second-order valence-corrected chi connectivity index (χ2v) is 5.15. The van der Waals surface area contributed by atoms with Gasteiger partial charge in [-0.15, -0.1) is 0 Å². The highest BCUT2D eigenvalue weighted by Crippen LogP contribution is 2.13. The minimum atomic E-state index is -0.0487. The summed E-state index contributed by atoms with van der Waals surface area (Å²) in [6, 6.07) is 0. The van der Waals surface area contributed by atoms with Crippen molar-refractivity contribution in [2.45, 2.75) is 39.5 Å². The van der Waals surface area contributed by atoms with Gasteiger partial charge in [-0.1, -0.05) is 13.8 Å². The van der Waals surface area contributed by atoms with E-state index in [0.29, 0.717) is 13.1 Å². The summed E-state index contributed by atoms with van der Waals surface area (Å²) in [6.45, 7) is 7.33. The van der Waals surface area contributed by atoms with Crippen LogP contribution in [0.2, 0.25) is 0 Å². The van der Waals surface area contributed by atoms with E-state index in [9.17, 15) is 9.59 Å². The Balaban J connectivity index is 2.49. The van der Waals surface area contributed by atoms with Crippen molar-refractivity contribution in [3.8, 4) is 0 Å². The first-order valence-electron chi connectivity index (χ1n) is 7.45. The minimum absolute atomic E-state index is 0.0410. The SMILES string of the molecule is CCCNC(=O)CN(CCC)C(=O)C1CCCNC1. The molecule has 0 aromatic carbocycles. The fraction of sp³-hybridized carbons (Fsp3) is 0.857. The molecule has 1 saturated heterocycles. The molecule has 0 spiro atoms. The maximum atomic E-state index is 12.4. The largest absolute Gasteiger partial charge is 0.355 e. The van der Waals surface area contributed by atoms with Crippen LogP contribution in [0.1, 0.15) is 39.5 Å². The minimum Gasteiger partial charge on any atom is -0.355 e. The van der Waals surface area contributed by atoms with Gasteiger partial charge in [0.05, 0.1) is 12.5 Å². The van der Waals surface area contributed by atoms with Crippen LogP contribution >= 0.6 is 0 Å². The molecule has 1 aliphatic heterocycles. The number of hydrogen-bond acceptors (Lipinski definition) is 3. The first-order chi connectivity index (χ1) is 9.19. The third-order valence-corrected chi connectivity index (χ3v) is 3.36. The lowest BCUT2D eigenvalue weighted by molar-refractivity contribution is -0.140. The molecule has 2 N–H and O–H groups in total. The summed E-state index contributed by atoms with van der Waals surface area (Å²) in [4.78, 5) is 25.9. The van der Waals surface area contributed by atoms with Gasteiger partial charge in [-0.05, 0) is 32.2 Å². The molecule has 1 atom stereocenters. The van der Waals surface area contributed by atoms with Crippen LogP contribution < -0.4 is 10.6 Å². The Bertz CT molecular complexity index is 288. The molecule has 5 heteroatoms. The molecule has 19 heavy (non-hydrogen) atoms. The standard InChI is InChI=1S/C14H27N3O2/c1-3-7-16-13(18)11-17(9-4-2)14(19)12-6-5-8-15-10-12/h12,15H,3-11H2,1-2H3,(H,16,18). The summed E-state index contributed by atoms with van der Waals surface area (Å²) < 4.78 is 0. The smallest absolute Gasteiger partial charge is 0.239 e. The van der Waals surface area contributed by atoms with Crippen molar-refractivity contribution >= 4 is 11.8 Å². The number of rotatable bonds is 7. The number of piperidine rings is 1. The molecule has 0 radical (unpaired) electrons. The van der Waals surface area contributed by atoms with Crippen molar-refractivity contribution in [3.63, 3.8) is 0 Å². The monoisotopic (exact) mass is 269 g/mol. The molecule has 5 nitrogen and oxygen atoms in total. The maximum absolute atomic E-state index is 12.4. The van der Waals surface area contributed by atoms with Crippen LogP contribution in [0.5, 0.6) is 0 Å². The lowest BCUT2D eigenvalue weighted by Crippen LogP contribution is -2.47. The molecule has 0 aliphatic carbocycles. The zero-order valence-corrected chi connectivity index (χ0v) is 12.2. The molecule has 0 bridgehead atoms. The van der Waals surface area contributed by atoms with E-state index in [1.54, 1.807) is 4.90 Å². The Hall–Kier alpha value is -1.10. The first-order valence-corrected chi connectivity index (χ1v) is 7.45. The predicted octanol–water partition coefficient (Wildman–Crippen LogP) is 0.751. The topological polar surface area (TPSA) is 61.4 Å². The number of hydrogen-bond donors (Lipinski definition) is 2. The molecule has 0 aromatic heterocycles. The number of carbonyl (C=O) groups excluding carboxylic acids is 2. The van der Waals surface area contributed by atoms with Crippen LogP contribution in [0.3, 0.4) is 0 Å². The summed E-state index contributed by atoms with van der Waals surface area (Å²) in [5.41, 5.74) is 0. The van der Waals surface area contributed by atoms with E-state index < -0.39 is 0 Å². The Morgan fingerprint density at radius 3 is 2.68 bits per heavy atom. The Labute approximate surface area is 116 Å². The molecular formula is C14H27N3O2. The zero-order chi connectivity index (χ0) is 14.1. The summed E-state index contributed by atoms with van der Waals surface area (Å²) in [6.07, 6.45) is 3.77. The highest BCUT2D eigenvalue weighted by atomic mass is 16.2. The molecule has 110 valence electrons. The molecule has 0 saturated carbocycles. The van der Waals surface area contributed by atoms with Gasteiger partial charge in [0.15, 0.2) is 0 Å². The van der Waals surface area contributed by atoms with E-state index in [4.69, 9.17) is 0 Å². The first kappa shape index (κ1) is 16.0. The van der Waals surface area contributed by atoms with E-state index >= 15 is 0 Å². The van der Waals surface area contributed by atoms with E-state index in [-0.39, 0.29) is 24.3 Å². The van der Waals surface area contributed by atoms with Crippen LogP contribution in [0.25, 0.3) is 0 Å². The average Bonchev–Trinajstić information content (AvgIpc) is 2.45. The van der Waals surface area contributed by atoms with Crippen molar-refractivity contribution in [2.24, 2.45) is 5.92 Å². The zero-order valence-electron chi connectivity index (χ0n) is 12.2. The van der Waals surface area contributed by atoms with Gasteiger partial charge in [-0.2, -0.15) is 0 Å². The second kappa shape index (κ2) is 8.91. The Kier molecular flexibility index (Phi) is 7.48. The normalized spacial score (nSPS) is 18.9. The summed E-state index contributed by atoms with van der Waals surface area (Å²) >= 11 is 0. The van der Waals surface area contributed by atoms with Gasteiger partial charge >= 0.3 is 0 Å². The Morgan fingerprint density at radius 1 is 1.32 bits per heavy atom. The van der Waals surface area contributed by atoms with Crippen LogP contribution in [0.4, 0.5) is 0 Å². The molecular weight excluding hydrogens is 242 g/mol. The third kappa shape index (κ3) is 5.59. The average molecular weight is 269 g/mol. The van der Waals surface area contributed by atoms with E-state index in [1.165, 1.54) is 0 Å².